The Labute approximate surface area is 235 Å². The van der Waals surface area contributed by atoms with Gasteiger partial charge in [-0.15, -0.1) is 11.3 Å². The average Bonchev–Trinajstić information content (AvgIpc) is 3.75. The lowest BCUT2D eigenvalue weighted by Crippen LogP contribution is -2.37. The predicted molar refractivity (Wildman–Crippen MR) is 148 cm³/mol. The number of nitrogens with one attached hydrogen (secondary N) is 1. The zero-order valence-electron chi connectivity index (χ0n) is 22.8. The van der Waals surface area contributed by atoms with Crippen molar-refractivity contribution in [1.29, 1.82) is 0 Å². The molecule has 1 aromatic carbocycles. The molecule has 1 aliphatic rings. The molecule has 1 unspecified atom stereocenters. The first-order valence-corrected chi connectivity index (χ1v) is 13.9. The molecule has 3 aromatic heterocycles. The van der Waals surface area contributed by atoms with E-state index in [1.54, 1.807) is 22.9 Å². The molecule has 1 aliphatic heterocycles. The quantitative estimate of drug-likeness (QED) is 0.313. The number of benzene rings is 1. The van der Waals surface area contributed by atoms with E-state index in [1.165, 1.54) is 24.6 Å². The second-order valence-electron chi connectivity index (χ2n) is 10.2. The van der Waals surface area contributed by atoms with Crippen LogP contribution in [0.1, 0.15) is 59.3 Å². The van der Waals surface area contributed by atoms with Crippen molar-refractivity contribution in [3.63, 3.8) is 0 Å². The number of amides is 2. The number of imidazole rings is 1. The number of aliphatic hydroxyl groups is 1. The first kappa shape index (κ1) is 27.5. The normalized spacial score (nSPS) is 17.8. The van der Waals surface area contributed by atoms with Gasteiger partial charge in [0, 0.05) is 37.0 Å². The molecule has 0 saturated carbocycles. The molecule has 3 atom stereocenters. The number of thiazole rings is 1. The van der Waals surface area contributed by atoms with Gasteiger partial charge in [-0.25, -0.2) is 9.97 Å². The number of methoxy groups -OCH3 is 1. The maximum Gasteiger partial charge on any atom is 0.272 e. The van der Waals surface area contributed by atoms with Crippen LogP contribution < -0.4 is 4.74 Å². The molecule has 2 amide bonds. The standard InChI is InChI=1S/C28H32N6O5S/c1-16(2)25(22-11-23(38-4)32-39-22)28(37)34-13-18(35)10-21(34)26-29-12-19(31-26)27(36)33(3)14-24-30-20(15-40-24)17-8-6-5-7-9-17/h5-9,11-12,15-16,18,21,25,35H,10,13-14H2,1-4H3,(H,29,31)/t18-,21+,25?/m1/s1. The Bertz CT molecular complexity index is 1460. The lowest BCUT2D eigenvalue weighted by molar-refractivity contribution is -0.135. The van der Waals surface area contributed by atoms with E-state index in [0.29, 0.717) is 36.1 Å². The Hall–Kier alpha value is -4.03. The molecule has 0 bridgehead atoms. The van der Waals surface area contributed by atoms with Gasteiger partial charge in [0.15, 0.2) is 5.76 Å². The lowest BCUT2D eigenvalue weighted by Gasteiger charge is -2.28. The molecule has 40 heavy (non-hydrogen) atoms. The van der Waals surface area contributed by atoms with Crippen LogP contribution >= 0.6 is 11.3 Å². The van der Waals surface area contributed by atoms with Gasteiger partial charge >= 0.3 is 0 Å². The molecule has 0 spiro atoms. The summed E-state index contributed by atoms with van der Waals surface area (Å²) in [5.74, 6) is -0.0508. The highest BCUT2D eigenvalue weighted by Crippen LogP contribution is 2.37. The highest BCUT2D eigenvalue weighted by atomic mass is 32.1. The molecule has 2 N–H and O–H groups in total. The van der Waals surface area contributed by atoms with Gasteiger partial charge in [0.25, 0.3) is 11.8 Å². The molecule has 0 radical (unpaired) electrons. The van der Waals surface area contributed by atoms with Gasteiger partial charge in [-0.2, -0.15) is 0 Å². The maximum absolute atomic E-state index is 13.7. The van der Waals surface area contributed by atoms with Crippen molar-refractivity contribution in [3.8, 4) is 17.1 Å². The number of H-pyrrole nitrogens is 1. The molecule has 4 heterocycles. The van der Waals surface area contributed by atoms with Crippen molar-refractivity contribution in [1.82, 2.24) is 29.9 Å². The summed E-state index contributed by atoms with van der Waals surface area (Å²) < 4.78 is 10.5. The fraction of sp³-hybridized carbons (Fsp3) is 0.393. The molecule has 12 heteroatoms. The largest absolute Gasteiger partial charge is 0.479 e. The van der Waals surface area contributed by atoms with Gasteiger partial charge < -0.3 is 29.2 Å². The summed E-state index contributed by atoms with van der Waals surface area (Å²) in [5, 5.41) is 17.1. The molecule has 11 nitrogen and oxygen atoms in total. The molecule has 1 saturated heterocycles. The highest BCUT2D eigenvalue weighted by molar-refractivity contribution is 7.09. The molecule has 210 valence electrons. The van der Waals surface area contributed by atoms with Gasteiger partial charge in [0.05, 0.1) is 37.7 Å². The number of β-amino-alcohol motifs (C(OH)–C–C–N with tert-alkyl or cyclic N) is 1. The number of rotatable bonds is 9. The molecule has 0 aliphatic carbocycles. The number of aromatic amines is 1. The van der Waals surface area contributed by atoms with Crippen LogP contribution in [0.2, 0.25) is 0 Å². The number of aromatic nitrogens is 4. The van der Waals surface area contributed by atoms with Crippen LogP contribution in [0, 0.1) is 5.92 Å². The summed E-state index contributed by atoms with van der Waals surface area (Å²) in [4.78, 5) is 42.3. The topological polar surface area (TPSA) is 138 Å². The van der Waals surface area contributed by atoms with Gasteiger partial charge in [0.2, 0.25) is 5.91 Å². The predicted octanol–water partition coefficient (Wildman–Crippen LogP) is 3.88. The average molecular weight is 565 g/mol. The van der Waals surface area contributed by atoms with Gasteiger partial charge in [0.1, 0.15) is 22.4 Å². The first-order chi connectivity index (χ1) is 19.2. The first-order valence-electron chi connectivity index (χ1n) is 13.0. The van der Waals surface area contributed by atoms with Gasteiger partial charge in [-0.05, 0) is 11.1 Å². The third-order valence-electron chi connectivity index (χ3n) is 7.00. The summed E-state index contributed by atoms with van der Waals surface area (Å²) in [7, 11) is 3.19. The molecular formula is C28H32N6O5S. The lowest BCUT2D eigenvalue weighted by atomic mass is 9.91. The van der Waals surface area contributed by atoms with E-state index in [9.17, 15) is 14.7 Å². The van der Waals surface area contributed by atoms with Crippen LogP contribution in [0.4, 0.5) is 0 Å². The van der Waals surface area contributed by atoms with E-state index in [-0.39, 0.29) is 24.3 Å². The van der Waals surface area contributed by atoms with Gasteiger partial charge in [-0.1, -0.05) is 44.2 Å². The summed E-state index contributed by atoms with van der Waals surface area (Å²) in [6.45, 7) is 4.33. The number of likely N-dealkylation sites (tertiary alicyclic amines) is 1. The maximum atomic E-state index is 13.7. The Morgan fingerprint density at radius 1 is 1.30 bits per heavy atom. The summed E-state index contributed by atoms with van der Waals surface area (Å²) in [6.07, 6.45) is 1.05. The number of hydrogen-bond acceptors (Lipinski definition) is 9. The van der Waals surface area contributed by atoms with E-state index < -0.39 is 18.1 Å². The van der Waals surface area contributed by atoms with Crippen LogP contribution in [0.3, 0.4) is 0 Å². The van der Waals surface area contributed by atoms with E-state index in [2.05, 4.69) is 20.1 Å². The van der Waals surface area contributed by atoms with Crippen LogP contribution in [0.25, 0.3) is 11.3 Å². The minimum absolute atomic E-state index is 0.0980. The van der Waals surface area contributed by atoms with Gasteiger partial charge in [-0.3, -0.25) is 9.59 Å². The minimum atomic E-state index is -0.721. The molecule has 5 rings (SSSR count). The zero-order valence-corrected chi connectivity index (χ0v) is 23.6. The molecule has 4 aromatic rings. The van der Waals surface area contributed by atoms with Crippen molar-refractivity contribution in [2.75, 3.05) is 20.7 Å². The summed E-state index contributed by atoms with van der Waals surface area (Å²) in [6, 6.07) is 11.0. The summed E-state index contributed by atoms with van der Waals surface area (Å²) in [5.41, 5.74) is 2.20. The van der Waals surface area contributed by atoms with E-state index in [4.69, 9.17) is 9.26 Å². The smallest absolute Gasteiger partial charge is 0.272 e. The second-order valence-corrected chi connectivity index (χ2v) is 11.2. The van der Waals surface area contributed by atoms with Crippen molar-refractivity contribution >= 4 is 23.2 Å². The number of hydrogen-bond donors (Lipinski definition) is 2. The molecular weight excluding hydrogens is 532 g/mol. The van der Waals surface area contributed by atoms with Crippen molar-refractivity contribution in [2.45, 2.75) is 44.9 Å². The monoisotopic (exact) mass is 564 g/mol. The number of carbonyl (C=O) groups is 2. The summed E-state index contributed by atoms with van der Waals surface area (Å²) >= 11 is 1.50. The number of nitrogens with zero attached hydrogens (tertiary/aromatic N) is 5. The zero-order chi connectivity index (χ0) is 28.4. The van der Waals surface area contributed by atoms with Crippen LogP contribution in [0.5, 0.6) is 5.88 Å². The Kier molecular flexibility index (Phi) is 7.99. The van der Waals surface area contributed by atoms with Crippen molar-refractivity contribution in [3.05, 3.63) is 70.3 Å². The second kappa shape index (κ2) is 11.6. The van der Waals surface area contributed by atoms with Crippen LogP contribution in [-0.4, -0.2) is 73.6 Å². The fourth-order valence-electron chi connectivity index (χ4n) is 4.97. The van der Waals surface area contributed by atoms with Crippen LogP contribution in [0.15, 0.2) is 52.5 Å². The number of ether oxygens (including phenoxy) is 1. The highest BCUT2D eigenvalue weighted by Gasteiger charge is 2.42. The van der Waals surface area contributed by atoms with E-state index >= 15 is 0 Å². The third-order valence-corrected chi connectivity index (χ3v) is 7.83. The van der Waals surface area contributed by atoms with Crippen LogP contribution in [-0.2, 0) is 11.3 Å². The Morgan fingerprint density at radius 3 is 2.77 bits per heavy atom. The van der Waals surface area contributed by atoms with Crippen molar-refractivity contribution in [2.24, 2.45) is 5.92 Å². The number of aliphatic hydroxyl groups excluding tert-OH is 1. The fourth-order valence-corrected chi connectivity index (χ4v) is 5.82. The Morgan fingerprint density at radius 2 is 2.08 bits per heavy atom. The van der Waals surface area contributed by atoms with E-state index in [0.717, 1.165) is 16.3 Å². The van der Waals surface area contributed by atoms with Crippen molar-refractivity contribution < 1.29 is 24.0 Å². The molecule has 1 fully saturated rings. The minimum Gasteiger partial charge on any atom is -0.479 e. The third kappa shape index (κ3) is 5.63. The number of carbonyl (C=O) groups excluding carboxylic acids is 2. The SMILES string of the molecule is COc1cc(C(C(=O)N2C[C@H](O)C[C@H]2c2ncc(C(=O)N(C)Cc3nc(-c4ccccc4)cs3)[nH]2)C(C)C)on1. The Balaban J connectivity index is 1.30. The van der Waals surface area contributed by atoms with E-state index in [1.807, 2.05) is 49.6 Å².